The van der Waals surface area contributed by atoms with Crippen LogP contribution in [0.1, 0.15) is 13.8 Å². The van der Waals surface area contributed by atoms with E-state index in [4.69, 9.17) is 5.11 Å². The lowest BCUT2D eigenvalue weighted by Gasteiger charge is -2.21. The van der Waals surface area contributed by atoms with Crippen LogP contribution in [0.15, 0.2) is 0 Å². The molecule has 0 rings (SSSR count). The molecule has 0 spiro atoms. The van der Waals surface area contributed by atoms with Crippen molar-refractivity contribution >= 4 is 0 Å². The minimum absolute atomic E-state index is 0.220. The van der Waals surface area contributed by atoms with Crippen molar-refractivity contribution < 1.29 is 5.11 Å². The third kappa shape index (κ3) is 6.58. The molecule has 3 nitrogen and oxygen atoms in total. The SMILES string of the molecule is CCN(C)CCN(C)C[C@H](C)O. The van der Waals surface area contributed by atoms with E-state index >= 15 is 0 Å². The summed E-state index contributed by atoms with van der Waals surface area (Å²) in [6.07, 6.45) is -0.220. The highest BCUT2D eigenvalue weighted by Crippen LogP contribution is 1.89. The Labute approximate surface area is 76.0 Å². The summed E-state index contributed by atoms with van der Waals surface area (Å²) in [6.45, 7) is 7.91. The van der Waals surface area contributed by atoms with Gasteiger partial charge in [-0.05, 0) is 27.6 Å². The molecule has 0 heterocycles. The molecule has 0 aliphatic heterocycles. The van der Waals surface area contributed by atoms with Crippen molar-refractivity contribution in [3.8, 4) is 0 Å². The standard InChI is InChI=1S/C9H22N2O/c1-5-10(3)6-7-11(4)8-9(2)12/h9,12H,5-8H2,1-4H3/t9-/m0/s1. The third-order valence-corrected chi connectivity index (χ3v) is 1.98. The summed E-state index contributed by atoms with van der Waals surface area (Å²) in [5.74, 6) is 0. The third-order valence-electron chi connectivity index (χ3n) is 1.98. The van der Waals surface area contributed by atoms with Gasteiger partial charge >= 0.3 is 0 Å². The number of hydrogen-bond acceptors (Lipinski definition) is 3. The van der Waals surface area contributed by atoms with Gasteiger partial charge in [-0.1, -0.05) is 6.92 Å². The lowest BCUT2D eigenvalue weighted by atomic mass is 10.3. The number of hydrogen-bond donors (Lipinski definition) is 1. The fraction of sp³-hybridized carbons (Fsp3) is 1.00. The molecule has 0 amide bonds. The van der Waals surface area contributed by atoms with Crippen molar-refractivity contribution in [3.05, 3.63) is 0 Å². The first-order chi connectivity index (χ1) is 5.56. The summed E-state index contributed by atoms with van der Waals surface area (Å²) in [5, 5.41) is 9.09. The van der Waals surface area contributed by atoms with Gasteiger partial charge in [-0.2, -0.15) is 0 Å². The maximum atomic E-state index is 9.09. The lowest BCUT2D eigenvalue weighted by Crippen LogP contribution is -2.34. The molecule has 0 radical (unpaired) electrons. The van der Waals surface area contributed by atoms with Crippen LogP contribution in [0.25, 0.3) is 0 Å². The quantitative estimate of drug-likeness (QED) is 0.625. The van der Waals surface area contributed by atoms with Gasteiger partial charge in [-0.15, -0.1) is 0 Å². The van der Waals surface area contributed by atoms with Gasteiger partial charge in [0.25, 0.3) is 0 Å². The summed E-state index contributed by atoms with van der Waals surface area (Å²) in [5.41, 5.74) is 0. The molecular formula is C9H22N2O. The van der Waals surface area contributed by atoms with Crippen LogP contribution in [0.2, 0.25) is 0 Å². The van der Waals surface area contributed by atoms with Crippen LogP contribution in [-0.4, -0.2) is 61.3 Å². The van der Waals surface area contributed by atoms with Gasteiger partial charge in [0, 0.05) is 19.6 Å². The predicted molar refractivity (Wildman–Crippen MR) is 52.3 cm³/mol. The van der Waals surface area contributed by atoms with Crippen LogP contribution >= 0.6 is 0 Å². The molecule has 0 saturated heterocycles. The first-order valence-corrected chi connectivity index (χ1v) is 4.61. The van der Waals surface area contributed by atoms with Gasteiger partial charge in [0.1, 0.15) is 0 Å². The second-order valence-electron chi connectivity index (χ2n) is 3.51. The van der Waals surface area contributed by atoms with Crippen molar-refractivity contribution in [3.63, 3.8) is 0 Å². The zero-order valence-corrected chi connectivity index (χ0v) is 8.75. The van der Waals surface area contributed by atoms with E-state index in [2.05, 4.69) is 23.8 Å². The molecule has 0 aliphatic rings. The molecule has 0 aliphatic carbocycles. The van der Waals surface area contributed by atoms with E-state index < -0.39 is 0 Å². The number of nitrogens with zero attached hydrogens (tertiary/aromatic N) is 2. The zero-order valence-electron chi connectivity index (χ0n) is 8.75. The molecule has 0 bridgehead atoms. The molecule has 3 heteroatoms. The minimum atomic E-state index is -0.220. The van der Waals surface area contributed by atoms with Crippen molar-refractivity contribution in [1.82, 2.24) is 9.80 Å². The number of aliphatic hydroxyl groups is 1. The predicted octanol–water partition coefficient (Wildman–Crippen LogP) is 0.251. The Bertz CT molecular complexity index is 107. The summed E-state index contributed by atoms with van der Waals surface area (Å²) >= 11 is 0. The van der Waals surface area contributed by atoms with Gasteiger partial charge < -0.3 is 14.9 Å². The maximum Gasteiger partial charge on any atom is 0.0638 e. The van der Waals surface area contributed by atoms with Crippen molar-refractivity contribution in [2.45, 2.75) is 20.0 Å². The van der Waals surface area contributed by atoms with Gasteiger partial charge in [0.2, 0.25) is 0 Å². The van der Waals surface area contributed by atoms with Crippen LogP contribution in [0.5, 0.6) is 0 Å². The number of rotatable bonds is 6. The van der Waals surface area contributed by atoms with Crippen LogP contribution in [0.4, 0.5) is 0 Å². The van der Waals surface area contributed by atoms with Crippen LogP contribution in [-0.2, 0) is 0 Å². The Hall–Kier alpha value is -0.120. The summed E-state index contributed by atoms with van der Waals surface area (Å²) in [4.78, 5) is 4.41. The Kier molecular flexibility index (Phi) is 6.34. The second kappa shape index (κ2) is 6.40. The monoisotopic (exact) mass is 174 g/mol. The van der Waals surface area contributed by atoms with Crippen molar-refractivity contribution in [1.29, 1.82) is 0 Å². The second-order valence-corrected chi connectivity index (χ2v) is 3.51. The minimum Gasteiger partial charge on any atom is -0.392 e. The van der Waals surface area contributed by atoms with Crippen LogP contribution in [0.3, 0.4) is 0 Å². The molecular weight excluding hydrogens is 152 g/mol. The van der Waals surface area contributed by atoms with E-state index in [0.717, 1.165) is 26.2 Å². The zero-order chi connectivity index (χ0) is 9.56. The molecule has 1 N–H and O–H groups in total. The summed E-state index contributed by atoms with van der Waals surface area (Å²) < 4.78 is 0. The van der Waals surface area contributed by atoms with Gasteiger partial charge in [0.15, 0.2) is 0 Å². The van der Waals surface area contributed by atoms with Crippen LogP contribution in [0, 0.1) is 0 Å². The fourth-order valence-electron chi connectivity index (χ4n) is 1.04. The Morgan fingerprint density at radius 3 is 2.08 bits per heavy atom. The molecule has 0 aromatic carbocycles. The Morgan fingerprint density at radius 1 is 1.17 bits per heavy atom. The Balaban J connectivity index is 3.36. The average molecular weight is 174 g/mol. The van der Waals surface area contributed by atoms with E-state index in [9.17, 15) is 0 Å². The topological polar surface area (TPSA) is 26.7 Å². The highest BCUT2D eigenvalue weighted by molar-refractivity contribution is 4.58. The van der Waals surface area contributed by atoms with E-state index in [1.54, 1.807) is 0 Å². The molecule has 0 unspecified atom stereocenters. The van der Waals surface area contributed by atoms with Crippen molar-refractivity contribution in [2.24, 2.45) is 0 Å². The van der Waals surface area contributed by atoms with Gasteiger partial charge in [-0.3, -0.25) is 0 Å². The smallest absolute Gasteiger partial charge is 0.0638 e. The first-order valence-electron chi connectivity index (χ1n) is 4.61. The molecule has 0 aromatic heterocycles. The van der Waals surface area contributed by atoms with Crippen LogP contribution < -0.4 is 0 Å². The highest BCUT2D eigenvalue weighted by Gasteiger charge is 2.03. The largest absolute Gasteiger partial charge is 0.392 e. The number of likely N-dealkylation sites (N-methyl/N-ethyl adjacent to an activating group) is 2. The first kappa shape index (κ1) is 11.9. The number of aliphatic hydroxyl groups excluding tert-OH is 1. The fourth-order valence-corrected chi connectivity index (χ4v) is 1.04. The molecule has 0 saturated carbocycles. The molecule has 1 atom stereocenters. The van der Waals surface area contributed by atoms with E-state index in [1.165, 1.54) is 0 Å². The summed E-state index contributed by atoms with van der Waals surface area (Å²) in [7, 11) is 4.15. The van der Waals surface area contributed by atoms with E-state index in [0.29, 0.717) is 0 Å². The Morgan fingerprint density at radius 2 is 1.67 bits per heavy atom. The molecule has 0 fully saturated rings. The maximum absolute atomic E-state index is 9.09. The average Bonchev–Trinajstić information content (AvgIpc) is 1.99. The molecule has 12 heavy (non-hydrogen) atoms. The molecule has 0 aromatic rings. The lowest BCUT2D eigenvalue weighted by molar-refractivity contribution is 0.135. The van der Waals surface area contributed by atoms with E-state index in [-0.39, 0.29) is 6.10 Å². The van der Waals surface area contributed by atoms with Gasteiger partial charge in [-0.25, -0.2) is 0 Å². The summed E-state index contributed by atoms with van der Waals surface area (Å²) in [6, 6.07) is 0. The van der Waals surface area contributed by atoms with Gasteiger partial charge in [0.05, 0.1) is 6.10 Å². The van der Waals surface area contributed by atoms with E-state index in [1.807, 2.05) is 14.0 Å². The van der Waals surface area contributed by atoms with Crippen molar-refractivity contribution in [2.75, 3.05) is 40.3 Å². The normalized spacial score (nSPS) is 14.2. The molecule has 74 valence electrons. The highest BCUT2D eigenvalue weighted by atomic mass is 16.3.